The summed E-state index contributed by atoms with van der Waals surface area (Å²) in [6, 6.07) is 4.36. The van der Waals surface area contributed by atoms with E-state index in [-0.39, 0.29) is 11.5 Å². The molecule has 2 aromatic rings. The summed E-state index contributed by atoms with van der Waals surface area (Å²) in [7, 11) is 0. The van der Waals surface area contributed by atoms with Crippen molar-refractivity contribution in [1.82, 2.24) is 0 Å². The van der Waals surface area contributed by atoms with Gasteiger partial charge in [0.15, 0.2) is 0 Å². The van der Waals surface area contributed by atoms with Gasteiger partial charge in [0.05, 0.1) is 5.56 Å². The van der Waals surface area contributed by atoms with E-state index in [1.807, 2.05) is 6.08 Å². The second-order valence-corrected chi connectivity index (χ2v) is 8.83. The molecular weight excluding hydrogens is 400 g/mol. The summed E-state index contributed by atoms with van der Waals surface area (Å²) in [5, 5.41) is -0.686. The molecular formula is C24H23ClF4. The van der Waals surface area contributed by atoms with Gasteiger partial charge in [0.25, 0.3) is 0 Å². The van der Waals surface area contributed by atoms with Gasteiger partial charge in [-0.2, -0.15) is 0 Å². The molecule has 154 valence electrons. The predicted molar refractivity (Wildman–Crippen MR) is 108 cm³/mol. The second-order valence-electron chi connectivity index (χ2n) is 8.45. The Kier molecular flexibility index (Phi) is 5.74. The highest BCUT2D eigenvalue weighted by Crippen LogP contribution is 2.48. The van der Waals surface area contributed by atoms with Gasteiger partial charge in [0.2, 0.25) is 0 Å². The quantitative estimate of drug-likeness (QED) is 0.266. The van der Waals surface area contributed by atoms with Gasteiger partial charge < -0.3 is 0 Å². The van der Waals surface area contributed by atoms with Gasteiger partial charge >= 0.3 is 0 Å². The molecule has 0 amide bonds. The van der Waals surface area contributed by atoms with E-state index in [9.17, 15) is 17.6 Å². The summed E-state index contributed by atoms with van der Waals surface area (Å²) < 4.78 is 57.1. The first-order valence-corrected chi connectivity index (χ1v) is 10.5. The van der Waals surface area contributed by atoms with E-state index in [1.165, 1.54) is 12.1 Å². The van der Waals surface area contributed by atoms with Gasteiger partial charge in [-0.05, 0) is 97.6 Å². The van der Waals surface area contributed by atoms with E-state index in [4.69, 9.17) is 11.6 Å². The molecule has 2 fully saturated rings. The molecule has 29 heavy (non-hydrogen) atoms. The Bertz CT molecular complexity index is 892. The lowest BCUT2D eigenvalue weighted by molar-refractivity contribution is 0.133. The van der Waals surface area contributed by atoms with Gasteiger partial charge in [-0.1, -0.05) is 17.7 Å². The second kappa shape index (κ2) is 8.14. The average Bonchev–Trinajstić information content (AvgIpc) is 2.70. The number of allylic oxidation sites excluding steroid dienone is 1. The third-order valence-electron chi connectivity index (χ3n) is 6.80. The topological polar surface area (TPSA) is 0 Å². The lowest BCUT2D eigenvalue weighted by atomic mass is 9.64. The van der Waals surface area contributed by atoms with Crippen molar-refractivity contribution in [3.63, 3.8) is 0 Å². The van der Waals surface area contributed by atoms with E-state index in [1.54, 1.807) is 0 Å². The van der Waals surface area contributed by atoms with Crippen molar-refractivity contribution >= 4 is 11.6 Å². The number of halogens is 5. The van der Waals surface area contributed by atoms with Crippen molar-refractivity contribution in [3.8, 4) is 11.1 Å². The molecule has 2 aromatic carbocycles. The summed E-state index contributed by atoms with van der Waals surface area (Å²) in [4.78, 5) is 0. The maximum Gasteiger partial charge on any atom is 0.145 e. The molecule has 0 radical (unpaired) electrons. The van der Waals surface area contributed by atoms with Crippen LogP contribution in [0.5, 0.6) is 0 Å². The fourth-order valence-corrected chi connectivity index (χ4v) is 5.36. The normalized spacial score (nSPS) is 26.8. The molecule has 2 aliphatic carbocycles. The molecule has 0 heterocycles. The molecule has 5 heteroatoms. The van der Waals surface area contributed by atoms with Crippen LogP contribution < -0.4 is 0 Å². The van der Waals surface area contributed by atoms with Crippen molar-refractivity contribution in [2.75, 3.05) is 0 Å². The van der Waals surface area contributed by atoms with Crippen molar-refractivity contribution in [2.24, 2.45) is 17.8 Å². The van der Waals surface area contributed by atoms with Crippen LogP contribution in [0.3, 0.4) is 0 Å². The Morgan fingerprint density at radius 2 is 1.38 bits per heavy atom. The summed E-state index contributed by atoms with van der Waals surface area (Å²) in [5.74, 6) is -1.77. The molecule has 4 rings (SSSR count). The third-order valence-corrected chi connectivity index (χ3v) is 7.16. The number of rotatable bonds is 3. The highest BCUT2D eigenvalue weighted by Gasteiger charge is 2.35. The highest BCUT2D eigenvalue weighted by atomic mass is 35.5. The van der Waals surface area contributed by atoms with Crippen LogP contribution in [-0.2, 0) is 0 Å². The highest BCUT2D eigenvalue weighted by molar-refractivity contribution is 6.31. The van der Waals surface area contributed by atoms with Crippen molar-refractivity contribution in [2.45, 2.75) is 44.4 Å². The number of hydrogen-bond acceptors (Lipinski definition) is 0. The first kappa shape index (κ1) is 20.5. The van der Waals surface area contributed by atoms with Crippen molar-refractivity contribution < 1.29 is 17.6 Å². The Labute approximate surface area is 173 Å². The van der Waals surface area contributed by atoms with Crippen molar-refractivity contribution in [3.05, 3.63) is 70.8 Å². The van der Waals surface area contributed by atoms with Gasteiger partial charge in [0, 0.05) is 0 Å². The fraction of sp³-hybridized carbons (Fsp3) is 0.417. The van der Waals surface area contributed by atoms with Gasteiger partial charge in [-0.3, -0.25) is 0 Å². The minimum Gasteiger partial charge on any atom is -0.206 e. The zero-order chi connectivity index (χ0) is 20.7. The van der Waals surface area contributed by atoms with Gasteiger partial charge in [0.1, 0.15) is 28.3 Å². The van der Waals surface area contributed by atoms with Gasteiger partial charge in [-0.15, -0.1) is 6.58 Å². The molecule has 0 spiro atoms. The molecule has 0 bridgehead atoms. The van der Waals surface area contributed by atoms with Gasteiger partial charge in [-0.25, -0.2) is 17.6 Å². The molecule has 0 aromatic heterocycles. The Balaban J connectivity index is 1.59. The minimum absolute atomic E-state index is 0.105. The smallest absolute Gasteiger partial charge is 0.145 e. The van der Waals surface area contributed by atoms with E-state index in [2.05, 4.69) is 6.58 Å². The minimum atomic E-state index is -1.04. The first-order chi connectivity index (χ1) is 13.9. The fourth-order valence-electron chi connectivity index (χ4n) is 5.25. The standard InChI is InChI=1S/C24H23ClF4/c1-2-13-3-4-15-8-16(6-5-14(15)7-13)17-9-19(26)23(20(27)10-17)18-11-21(28)24(25)22(29)12-18/h2,9-16H,1,3-8H2. The zero-order valence-corrected chi connectivity index (χ0v) is 16.8. The summed E-state index contributed by atoms with van der Waals surface area (Å²) >= 11 is 5.47. The summed E-state index contributed by atoms with van der Waals surface area (Å²) in [5.41, 5.74) is 0.00347. The van der Waals surface area contributed by atoms with E-state index in [0.29, 0.717) is 23.3 Å². The summed E-state index contributed by atoms with van der Waals surface area (Å²) in [6.45, 7) is 3.92. The van der Waals surface area contributed by atoms with Crippen molar-refractivity contribution in [1.29, 1.82) is 0 Å². The molecule has 2 saturated carbocycles. The Hall–Kier alpha value is -1.81. The van der Waals surface area contributed by atoms with E-state index >= 15 is 0 Å². The molecule has 0 aliphatic heterocycles. The predicted octanol–water partition coefficient (Wildman–Crippen LogP) is 8.05. The maximum atomic E-state index is 14.8. The first-order valence-electron chi connectivity index (χ1n) is 10.1. The molecule has 0 saturated heterocycles. The molecule has 0 N–H and O–H groups in total. The Morgan fingerprint density at radius 1 is 0.793 bits per heavy atom. The van der Waals surface area contributed by atoms with Crippen LogP contribution in [0.4, 0.5) is 17.6 Å². The number of fused-ring (bicyclic) bond motifs is 1. The van der Waals surface area contributed by atoms with Crippen LogP contribution in [0.15, 0.2) is 36.9 Å². The largest absolute Gasteiger partial charge is 0.206 e. The maximum absolute atomic E-state index is 14.8. The molecule has 2 aliphatic rings. The van der Waals surface area contributed by atoms with Crippen LogP contribution >= 0.6 is 11.6 Å². The third kappa shape index (κ3) is 3.96. The SMILES string of the molecule is C=CC1CCC2CC(c3cc(F)c(-c4cc(F)c(Cl)c(F)c4)c(F)c3)CCC2C1. The molecule has 4 unspecified atom stereocenters. The van der Waals surface area contributed by atoms with Crippen LogP contribution in [0.2, 0.25) is 5.02 Å². The molecule has 0 nitrogen and oxygen atoms in total. The van der Waals surface area contributed by atoms with Crippen LogP contribution in [0.1, 0.15) is 50.0 Å². The van der Waals surface area contributed by atoms with E-state index in [0.717, 1.165) is 50.7 Å². The number of benzene rings is 2. The number of hydrogen-bond donors (Lipinski definition) is 0. The summed E-state index contributed by atoms with van der Waals surface area (Å²) in [6.07, 6.45) is 8.35. The average molecular weight is 423 g/mol. The molecule has 4 atom stereocenters. The van der Waals surface area contributed by atoms with Crippen LogP contribution in [0.25, 0.3) is 11.1 Å². The van der Waals surface area contributed by atoms with E-state index < -0.39 is 33.9 Å². The van der Waals surface area contributed by atoms with Crippen LogP contribution in [0, 0.1) is 41.0 Å². The lowest BCUT2D eigenvalue weighted by Gasteiger charge is -2.41. The zero-order valence-electron chi connectivity index (χ0n) is 16.0. The monoisotopic (exact) mass is 422 g/mol. The van der Waals surface area contributed by atoms with Crippen LogP contribution in [-0.4, -0.2) is 0 Å². The lowest BCUT2D eigenvalue weighted by Crippen LogP contribution is -2.30. The Morgan fingerprint density at radius 3 is 2.00 bits per heavy atom.